The summed E-state index contributed by atoms with van der Waals surface area (Å²) in [7, 11) is 1.98. The van der Waals surface area contributed by atoms with Crippen molar-refractivity contribution in [1.29, 1.82) is 0 Å². The summed E-state index contributed by atoms with van der Waals surface area (Å²) in [5, 5.41) is 0. The largest absolute Gasteiger partial charge is 0.365 e. The zero-order valence-corrected chi connectivity index (χ0v) is 12.4. The van der Waals surface area contributed by atoms with Crippen LogP contribution in [0.4, 0.5) is 10.1 Å². The highest BCUT2D eigenvalue weighted by atomic mass is 19.1. The van der Waals surface area contributed by atoms with Crippen LogP contribution in [0.25, 0.3) is 0 Å². The number of likely N-dealkylation sites (N-methyl/N-ethyl adjacent to an activating group) is 1. The molecule has 0 aromatic heterocycles. The molecule has 1 aliphatic rings. The second kappa shape index (κ2) is 4.78. The highest BCUT2D eigenvalue weighted by molar-refractivity contribution is 5.50. The van der Waals surface area contributed by atoms with E-state index >= 15 is 0 Å². The Hall–Kier alpha value is -1.09. The van der Waals surface area contributed by atoms with Gasteiger partial charge in [0.2, 0.25) is 0 Å². The zero-order valence-electron chi connectivity index (χ0n) is 12.4. The average molecular weight is 264 g/mol. The summed E-state index contributed by atoms with van der Waals surface area (Å²) in [5.41, 5.74) is 6.87. The van der Waals surface area contributed by atoms with Gasteiger partial charge >= 0.3 is 0 Å². The number of nitrogens with zero attached hydrogens (tertiary/aromatic N) is 1. The standard InChI is InChI=1S/C16H25FN2/c1-12-9-15(2,3)10-16(12,11-18)19(4)14-8-6-5-7-13(14)17/h5-8,12H,9-11,18H2,1-4H3. The Labute approximate surface area is 115 Å². The molecule has 0 heterocycles. The Morgan fingerprint density at radius 2 is 2.00 bits per heavy atom. The first-order chi connectivity index (χ1) is 8.82. The summed E-state index contributed by atoms with van der Waals surface area (Å²) in [5.74, 6) is 0.284. The number of hydrogen-bond acceptors (Lipinski definition) is 2. The minimum absolute atomic E-state index is 0.147. The maximum Gasteiger partial charge on any atom is 0.146 e. The van der Waals surface area contributed by atoms with Gasteiger partial charge in [-0.05, 0) is 36.3 Å². The van der Waals surface area contributed by atoms with Crippen molar-refractivity contribution < 1.29 is 4.39 Å². The number of benzene rings is 1. The third-order valence-electron chi connectivity index (χ3n) is 4.80. The zero-order chi connectivity index (χ0) is 14.3. The molecule has 2 nitrogen and oxygen atoms in total. The molecule has 1 aliphatic carbocycles. The number of rotatable bonds is 3. The number of anilines is 1. The van der Waals surface area contributed by atoms with E-state index in [0.717, 1.165) is 12.8 Å². The molecule has 1 saturated carbocycles. The van der Waals surface area contributed by atoms with Gasteiger partial charge in [-0.1, -0.05) is 32.9 Å². The first-order valence-electron chi connectivity index (χ1n) is 7.01. The smallest absolute Gasteiger partial charge is 0.146 e. The van der Waals surface area contributed by atoms with E-state index in [1.165, 1.54) is 6.07 Å². The Morgan fingerprint density at radius 1 is 1.37 bits per heavy atom. The number of halogens is 1. The summed E-state index contributed by atoms with van der Waals surface area (Å²) >= 11 is 0. The summed E-state index contributed by atoms with van der Waals surface area (Å²) in [6.07, 6.45) is 2.13. The summed E-state index contributed by atoms with van der Waals surface area (Å²) in [6, 6.07) is 6.96. The maximum absolute atomic E-state index is 14.0. The van der Waals surface area contributed by atoms with E-state index in [1.807, 2.05) is 19.2 Å². The lowest BCUT2D eigenvalue weighted by Gasteiger charge is -2.44. The fraction of sp³-hybridized carbons (Fsp3) is 0.625. The van der Waals surface area contributed by atoms with Gasteiger partial charge in [-0.15, -0.1) is 0 Å². The predicted octanol–water partition coefficient (Wildman–Crippen LogP) is 3.42. The molecule has 0 saturated heterocycles. The van der Waals surface area contributed by atoms with Crippen molar-refractivity contribution in [2.24, 2.45) is 17.1 Å². The Bertz CT molecular complexity index is 458. The van der Waals surface area contributed by atoms with Crippen LogP contribution < -0.4 is 10.6 Å². The van der Waals surface area contributed by atoms with Gasteiger partial charge in [-0.3, -0.25) is 0 Å². The van der Waals surface area contributed by atoms with Crippen LogP contribution in [0.15, 0.2) is 24.3 Å². The first-order valence-corrected chi connectivity index (χ1v) is 7.01. The normalized spacial score (nSPS) is 29.5. The molecule has 2 rings (SSSR count). The van der Waals surface area contributed by atoms with Gasteiger partial charge in [0.25, 0.3) is 0 Å². The lowest BCUT2D eigenvalue weighted by molar-refractivity contribution is 0.314. The van der Waals surface area contributed by atoms with Crippen molar-refractivity contribution in [2.45, 2.75) is 39.2 Å². The molecular formula is C16H25FN2. The van der Waals surface area contributed by atoms with Crippen molar-refractivity contribution in [3.63, 3.8) is 0 Å². The van der Waals surface area contributed by atoms with Gasteiger partial charge in [0.15, 0.2) is 0 Å². The van der Waals surface area contributed by atoms with Crippen molar-refractivity contribution in [1.82, 2.24) is 0 Å². The van der Waals surface area contributed by atoms with Crippen molar-refractivity contribution >= 4 is 5.69 Å². The first kappa shape index (κ1) is 14.3. The van der Waals surface area contributed by atoms with Gasteiger partial charge in [-0.25, -0.2) is 4.39 Å². The van der Waals surface area contributed by atoms with Crippen LogP contribution in [0.3, 0.4) is 0 Å². The summed E-state index contributed by atoms with van der Waals surface area (Å²) < 4.78 is 14.0. The quantitative estimate of drug-likeness (QED) is 0.906. The molecule has 2 N–H and O–H groups in total. The number of para-hydroxylation sites is 1. The third-order valence-corrected chi connectivity index (χ3v) is 4.80. The van der Waals surface area contributed by atoms with Gasteiger partial charge < -0.3 is 10.6 Å². The average Bonchev–Trinajstić information content (AvgIpc) is 2.59. The molecule has 1 aromatic rings. The van der Waals surface area contributed by atoms with Crippen LogP contribution in [-0.4, -0.2) is 19.1 Å². The van der Waals surface area contributed by atoms with Crippen molar-refractivity contribution in [2.75, 3.05) is 18.5 Å². The molecule has 1 fully saturated rings. The Balaban J connectivity index is 2.40. The highest BCUT2D eigenvalue weighted by Gasteiger charge is 2.50. The molecule has 19 heavy (non-hydrogen) atoms. The molecule has 2 atom stereocenters. The lowest BCUT2D eigenvalue weighted by Crippen LogP contribution is -2.55. The molecule has 0 aliphatic heterocycles. The van der Waals surface area contributed by atoms with Crippen LogP contribution in [0, 0.1) is 17.2 Å². The van der Waals surface area contributed by atoms with Crippen LogP contribution in [-0.2, 0) is 0 Å². The van der Waals surface area contributed by atoms with E-state index in [2.05, 4.69) is 25.7 Å². The summed E-state index contributed by atoms with van der Waals surface area (Å²) in [6.45, 7) is 7.34. The van der Waals surface area contributed by atoms with E-state index < -0.39 is 0 Å². The second-order valence-corrected chi connectivity index (χ2v) is 6.76. The molecule has 1 aromatic carbocycles. The summed E-state index contributed by atoms with van der Waals surface area (Å²) in [4.78, 5) is 2.07. The van der Waals surface area contributed by atoms with Gasteiger partial charge in [0.05, 0.1) is 11.2 Å². The topological polar surface area (TPSA) is 29.3 Å². The molecule has 0 amide bonds. The van der Waals surface area contributed by atoms with E-state index in [0.29, 0.717) is 18.2 Å². The van der Waals surface area contributed by atoms with E-state index in [9.17, 15) is 4.39 Å². The fourth-order valence-corrected chi connectivity index (χ4v) is 3.92. The number of hydrogen-bond donors (Lipinski definition) is 1. The fourth-order valence-electron chi connectivity index (χ4n) is 3.92. The van der Waals surface area contributed by atoms with Crippen LogP contribution >= 0.6 is 0 Å². The molecule has 0 radical (unpaired) electrons. The minimum atomic E-state index is -0.172. The van der Waals surface area contributed by atoms with Crippen LogP contribution in [0.1, 0.15) is 33.6 Å². The van der Waals surface area contributed by atoms with Gasteiger partial charge in [0, 0.05) is 13.6 Å². The van der Waals surface area contributed by atoms with Gasteiger partial charge in [-0.2, -0.15) is 0 Å². The molecule has 0 spiro atoms. The highest BCUT2D eigenvalue weighted by Crippen LogP contribution is 2.50. The second-order valence-electron chi connectivity index (χ2n) is 6.76. The van der Waals surface area contributed by atoms with Crippen LogP contribution in [0.5, 0.6) is 0 Å². The van der Waals surface area contributed by atoms with Crippen LogP contribution in [0.2, 0.25) is 0 Å². The third kappa shape index (κ3) is 2.36. The predicted molar refractivity (Wildman–Crippen MR) is 78.8 cm³/mol. The van der Waals surface area contributed by atoms with E-state index in [1.54, 1.807) is 6.07 Å². The molecule has 3 heteroatoms. The van der Waals surface area contributed by atoms with E-state index in [4.69, 9.17) is 5.73 Å². The molecular weight excluding hydrogens is 239 g/mol. The SMILES string of the molecule is CC1CC(C)(C)CC1(CN)N(C)c1ccccc1F. The van der Waals surface area contributed by atoms with E-state index in [-0.39, 0.29) is 16.8 Å². The Morgan fingerprint density at radius 3 is 2.47 bits per heavy atom. The monoisotopic (exact) mass is 264 g/mol. The maximum atomic E-state index is 14.0. The molecule has 106 valence electrons. The van der Waals surface area contributed by atoms with Crippen molar-refractivity contribution in [3.8, 4) is 0 Å². The Kier molecular flexibility index (Phi) is 3.61. The molecule has 2 unspecified atom stereocenters. The minimum Gasteiger partial charge on any atom is -0.365 e. The van der Waals surface area contributed by atoms with Gasteiger partial charge in [0.1, 0.15) is 5.82 Å². The van der Waals surface area contributed by atoms with Crippen molar-refractivity contribution in [3.05, 3.63) is 30.1 Å². The molecule has 0 bridgehead atoms. The number of nitrogens with two attached hydrogens (primary N) is 1. The lowest BCUT2D eigenvalue weighted by atomic mass is 9.84.